The Morgan fingerprint density at radius 2 is 1.08 bits per heavy atom. The van der Waals surface area contributed by atoms with E-state index in [1.807, 2.05) is 32.9 Å². The van der Waals surface area contributed by atoms with Crippen LogP contribution in [0.25, 0.3) is 0 Å². The SMILES string of the molecule is CCC(C)Oc1cc(OC(C)CC)c(PC(=O)c2c(OC)cc(OC)cc2OC)c(OC(C)CC)c1.[Li]. The molecule has 0 aliphatic rings. The van der Waals surface area contributed by atoms with Gasteiger partial charge in [-0.05, 0) is 48.6 Å². The first-order chi connectivity index (χ1) is 17.2. The number of hydrogen-bond donors (Lipinski definition) is 0. The summed E-state index contributed by atoms with van der Waals surface area (Å²) in [5.41, 5.74) is 0.188. The maximum absolute atomic E-state index is 13.8. The molecule has 2 aromatic rings. The quantitative estimate of drug-likeness (QED) is 0.208. The van der Waals surface area contributed by atoms with Crippen LogP contribution in [-0.2, 0) is 0 Å². The smallest absolute Gasteiger partial charge is 0.193 e. The molecule has 0 heterocycles. The van der Waals surface area contributed by atoms with Gasteiger partial charge in [-0.1, -0.05) is 20.8 Å². The molecule has 0 aliphatic heterocycles. The van der Waals surface area contributed by atoms with E-state index >= 15 is 0 Å². The van der Waals surface area contributed by atoms with Crippen molar-refractivity contribution in [2.24, 2.45) is 0 Å². The van der Waals surface area contributed by atoms with E-state index in [9.17, 15) is 4.79 Å². The van der Waals surface area contributed by atoms with Crippen LogP contribution in [0.15, 0.2) is 24.3 Å². The summed E-state index contributed by atoms with van der Waals surface area (Å²) in [7, 11) is 4.29. The summed E-state index contributed by atoms with van der Waals surface area (Å²) in [5, 5.41) is 0.692. The van der Waals surface area contributed by atoms with Crippen LogP contribution in [0.2, 0.25) is 0 Å². The maximum atomic E-state index is 13.8. The van der Waals surface area contributed by atoms with E-state index in [0.717, 1.165) is 19.3 Å². The van der Waals surface area contributed by atoms with Gasteiger partial charge in [0.1, 0.15) is 40.1 Å². The molecular weight excluding hydrogens is 486 g/mol. The molecule has 1 radical (unpaired) electrons. The fraction of sp³-hybridized carbons (Fsp3) is 0.536. The molecule has 0 aromatic heterocycles. The van der Waals surface area contributed by atoms with E-state index in [4.69, 9.17) is 28.4 Å². The summed E-state index contributed by atoms with van der Waals surface area (Å²) < 4.78 is 35.1. The van der Waals surface area contributed by atoms with Crippen molar-refractivity contribution in [2.45, 2.75) is 79.1 Å². The topological polar surface area (TPSA) is 72.5 Å². The molecule has 9 heteroatoms. The molecule has 0 N–H and O–H groups in total. The van der Waals surface area contributed by atoms with Gasteiger partial charge in [0.15, 0.2) is 5.52 Å². The molecule has 0 fully saturated rings. The fourth-order valence-corrected chi connectivity index (χ4v) is 4.37. The second-order valence-electron chi connectivity index (χ2n) is 8.67. The predicted molar refractivity (Wildman–Crippen MR) is 152 cm³/mol. The Balaban J connectivity index is 0.00000684. The standard InChI is InChI=1S/C28H41O7P.Li/c1-10-17(4)33-21-15-24(34-18(5)11-2)27(25(16-21)35-19(6)12-3)36-28(29)26-22(31-8)13-20(30-7)14-23(26)32-9;/h13-19,36H,10-12H2,1-9H3;. The van der Waals surface area contributed by atoms with Gasteiger partial charge in [0, 0.05) is 43.1 Å². The first-order valence-corrected chi connectivity index (χ1v) is 13.5. The molecule has 2 rings (SSSR count). The van der Waals surface area contributed by atoms with Gasteiger partial charge in [-0.15, -0.1) is 0 Å². The number of benzene rings is 2. The van der Waals surface area contributed by atoms with E-state index in [1.54, 1.807) is 19.2 Å². The Morgan fingerprint density at radius 3 is 1.46 bits per heavy atom. The van der Waals surface area contributed by atoms with Crippen LogP contribution in [0.3, 0.4) is 0 Å². The number of carbonyl (C=O) groups is 1. The summed E-state index contributed by atoms with van der Waals surface area (Å²) in [4.78, 5) is 13.8. The minimum atomic E-state index is -0.301. The first kappa shape index (κ1) is 33.0. The molecule has 7 nitrogen and oxygen atoms in total. The molecule has 0 aliphatic carbocycles. The van der Waals surface area contributed by atoms with Gasteiger partial charge >= 0.3 is 0 Å². The number of carbonyl (C=O) groups excluding carboxylic acids is 1. The van der Waals surface area contributed by atoms with Gasteiger partial charge in [0.2, 0.25) is 0 Å². The van der Waals surface area contributed by atoms with Crippen LogP contribution in [0.1, 0.15) is 71.2 Å². The zero-order valence-electron chi connectivity index (χ0n) is 24.0. The molecule has 0 bridgehead atoms. The maximum Gasteiger partial charge on any atom is 0.193 e. The first-order valence-electron chi connectivity index (χ1n) is 12.5. The molecule has 4 unspecified atom stereocenters. The summed E-state index contributed by atoms with van der Waals surface area (Å²) in [6.45, 7) is 12.2. The van der Waals surface area contributed by atoms with E-state index in [0.29, 0.717) is 45.4 Å². The third-order valence-electron chi connectivity index (χ3n) is 5.94. The van der Waals surface area contributed by atoms with Gasteiger partial charge in [0.25, 0.3) is 0 Å². The van der Waals surface area contributed by atoms with Gasteiger partial charge in [-0.25, -0.2) is 0 Å². The van der Waals surface area contributed by atoms with Gasteiger partial charge < -0.3 is 28.4 Å². The second kappa shape index (κ2) is 16.0. The number of rotatable bonds is 15. The van der Waals surface area contributed by atoms with E-state index < -0.39 is 0 Å². The van der Waals surface area contributed by atoms with Crippen LogP contribution < -0.4 is 33.7 Å². The van der Waals surface area contributed by atoms with Crippen LogP contribution in [0, 0.1) is 0 Å². The van der Waals surface area contributed by atoms with Crippen molar-refractivity contribution in [3.05, 3.63) is 29.8 Å². The van der Waals surface area contributed by atoms with Crippen LogP contribution in [-0.4, -0.2) is 64.0 Å². The third-order valence-corrected chi connectivity index (χ3v) is 7.16. The average molecular weight is 528 g/mol. The Kier molecular flexibility index (Phi) is 14.3. The summed E-state index contributed by atoms with van der Waals surface area (Å²) in [6, 6.07) is 7.08. The van der Waals surface area contributed by atoms with Crippen molar-refractivity contribution >= 4 is 38.3 Å². The summed E-state index contributed by atoms with van der Waals surface area (Å²) in [6.07, 6.45) is 2.42. The Bertz CT molecular complexity index is 956. The molecule has 37 heavy (non-hydrogen) atoms. The largest absolute Gasteiger partial charge is 0.496 e. The summed E-state index contributed by atoms with van der Waals surface area (Å²) in [5.74, 6) is 3.13. The van der Waals surface area contributed by atoms with Crippen molar-refractivity contribution in [2.75, 3.05) is 21.3 Å². The van der Waals surface area contributed by atoms with Crippen molar-refractivity contribution in [3.63, 3.8) is 0 Å². The number of hydrogen-bond acceptors (Lipinski definition) is 7. The molecule has 0 saturated heterocycles. The van der Waals surface area contributed by atoms with E-state index in [1.165, 1.54) is 14.2 Å². The zero-order valence-corrected chi connectivity index (χ0v) is 25.0. The van der Waals surface area contributed by atoms with Gasteiger partial charge in [-0.2, -0.15) is 0 Å². The minimum Gasteiger partial charge on any atom is -0.496 e. The minimum absolute atomic E-state index is 0. The van der Waals surface area contributed by atoms with E-state index in [2.05, 4.69) is 20.8 Å². The molecule has 0 saturated carbocycles. The van der Waals surface area contributed by atoms with E-state index in [-0.39, 0.29) is 51.3 Å². The Morgan fingerprint density at radius 1 is 0.676 bits per heavy atom. The predicted octanol–water partition coefficient (Wildman–Crippen LogP) is 6.01. The van der Waals surface area contributed by atoms with Crippen LogP contribution in [0.4, 0.5) is 0 Å². The molecule has 2 aromatic carbocycles. The van der Waals surface area contributed by atoms with Gasteiger partial charge in [-0.3, -0.25) is 4.79 Å². The molecule has 4 atom stereocenters. The van der Waals surface area contributed by atoms with Crippen molar-refractivity contribution < 1.29 is 33.2 Å². The Hall–Kier alpha value is -2.06. The number of methoxy groups -OCH3 is 3. The van der Waals surface area contributed by atoms with Crippen molar-refractivity contribution in [1.29, 1.82) is 0 Å². The van der Waals surface area contributed by atoms with Crippen LogP contribution >= 0.6 is 8.58 Å². The second-order valence-corrected chi connectivity index (χ2v) is 9.87. The molecule has 0 spiro atoms. The number of ether oxygens (including phenoxy) is 6. The normalized spacial score (nSPS) is 13.3. The van der Waals surface area contributed by atoms with Crippen LogP contribution in [0.5, 0.6) is 34.5 Å². The Labute approximate surface area is 235 Å². The summed E-state index contributed by atoms with van der Waals surface area (Å²) >= 11 is 0. The van der Waals surface area contributed by atoms with Gasteiger partial charge in [0.05, 0.1) is 44.9 Å². The zero-order chi connectivity index (χ0) is 26.8. The molecule has 201 valence electrons. The molecule has 0 amide bonds. The van der Waals surface area contributed by atoms with Crippen molar-refractivity contribution in [1.82, 2.24) is 0 Å². The third kappa shape index (κ3) is 9.02. The van der Waals surface area contributed by atoms with Crippen molar-refractivity contribution in [3.8, 4) is 34.5 Å². The monoisotopic (exact) mass is 527 g/mol. The fourth-order valence-electron chi connectivity index (χ4n) is 3.26. The average Bonchev–Trinajstić information content (AvgIpc) is 2.88. The molecular formula is C28H41LiO7P.